The number of esters is 3. The van der Waals surface area contributed by atoms with E-state index in [-0.39, 0.29) is 72.2 Å². The molecule has 0 radical (unpaired) electrons. The number of alkyl halides is 2. The van der Waals surface area contributed by atoms with Crippen molar-refractivity contribution in [1.29, 1.82) is 0 Å². The van der Waals surface area contributed by atoms with Crippen molar-refractivity contribution in [3.05, 3.63) is 0 Å². The van der Waals surface area contributed by atoms with Gasteiger partial charge in [0.1, 0.15) is 43.1 Å². The van der Waals surface area contributed by atoms with Crippen LogP contribution in [-0.2, 0) is 47.7 Å². The first-order valence-corrected chi connectivity index (χ1v) is 19.6. The third-order valence-electron chi connectivity index (χ3n) is 15.7. The maximum atomic E-state index is 14.1. The van der Waals surface area contributed by atoms with Gasteiger partial charge < -0.3 is 23.7 Å². The van der Waals surface area contributed by atoms with Crippen LogP contribution in [-0.4, -0.2) is 72.7 Å². The van der Waals surface area contributed by atoms with Crippen molar-refractivity contribution >= 4 is 29.5 Å². The summed E-state index contributed by atoms with van der Waals surface area (Å²) in [4.78, 5) is 66.0. The Morgan fingerprint density at radius 3 is 1.65 bits per heavy atom. The van der Waals surface area contributed by atoms with Gasteiger partial charge in [0.25, 0.3) is 0 Å². The standard InChI is InChI=1S/C39H48F2O10/c1-36(40,41)33(44)49-32-21-2-18-7-26(9-21)39(27(32)8-18)50-28(16-47-34(45)37-10-19-3-22(12-37)30(42)23(4-19)13-37)29(51-39)17-48-35(46)38-11-20-5-24(14-38)31(43)25(6-20)15-38/h18-29,32H,2-17H2,1H3. The monoisotopic (exact) mass is 714 g/mol. The fraction of sp³-hybridized carbons (Fsp3) is 0.872. The van der Waals surface area contributed by atoms with Crippen LogP contribution in [0, 0.1) is 70.0 Å². The second kappa shape index (κ2) is 11.0. The van der Waals surface area contributed by atoms with E-state index in [9.17, 15) is 32.8 Å². The van der Waals surface area contributed by atoms with E-state index in [4.69, 9.17) is 23.7 Å². The summed E-state index contributed by atoms with van der Waals surface area (Å²) in [5.74, 6) is -6.55. The smallest absolute Gasteiger partial charge is 0.376 e. The van der Waals surface area contributed by atoms with Gasteiger partial charge in [0.15, 0.2) is 5.79 Å². The van der Waals surface area contributed by atoms with Gasteiger partial charge >= 0.3 is 23.8 Å². The lowest BCUT2D eigenvalue weighted by Crippen LogP contribution is -2.65. The predicted molar refractivity (Wildman–Crippen MR) is 169 cm³/mol. The minimum Gasteiger partial charge on any atom is -0.462 e. The fourth-order valence-electron chi connectivity index (χ4n) is 14.1. The molecule has 278 valence electrons. The van der Waals surface area contributed by atoms with Crippen LogP contribution in [0.3, 0.4) is 0 Å². The number of rotatable bonds is 8. The first-order valence-electron chi connectivity index (χ1n) is 19.6. The van der Waals surface area contributed by atoms with Crippen molar-refractivity contribution in [1.82, 2.24) is 0 Å². The summed E-state index contributed by atoms with van der Waals surface area (Å²) in [5.41, 5.74) is -1.38. The zero-order valence-electron chi connectivity index (χ0n) is 29.2. The molecule has 0 aromatic carbocycles. The zero-order valence-corrected chi connectivity index (χ0v) is 29.2. The highest BCUT2D eigenvalue weighted by atomic mass is 19.3. The van der Waals surface area contributed by atoms with Crippen molar-refractivity contribution in [3.8, 4) is 0 Å². The molecule has 0 aromatic rings. The van der Waals surface area contributed by atoms with Crippen LogP contribution in [0.1, 0.15) is 96.8 Å². The first-order chi connectivity index (χ1) is 24.2. The summed E-state index contributed by atoms with van der Waals surface area (Å²) in [6.07, 6.45) is 7.23. The van der Waals surface area contributed by atoms with Crippen LogP contribution < -0.4 is 0 Å². The minimum absolute atomic E-state index is 0.0811. The molecule has 1 heterocycles. The average Bonchev–Trinajstić information content (AvgIpc) is 3.45. The lowest BCUT2D eigenvalue weighted by Gasteiger charge is -2.60. The molecule has 51 heavy (non-hydrogen) atoms. The summed E-state index contributed by atoms with van der Waals surface area (Å²) in [5, 5.41) is 0. The van der Waals surface area contributed by atoms with Crippen molar-refractivity contribution in [3.63, 3.8) is 0 Å². The lowest BCUT2D eigenvalue weighted by atomic mass is 9.49. The van der Waals surface area contributed by atoms with Crippen LogP contribution in [0.4, 0.5) is 8.78 Å². The summed E-state index contributed by atoms with van der Waals surface area (Å²) >= 11 is 0. The number of carbonyl (C=O) groups excluding carboxylic acids is 5. The van der Waals surface area contributed by atoms with E-state index in [1.165, 1.54) is 0 Å². The van der Waals surface area contributed by atoms with Crippen LogP contribution in [0.5, 0.6) is 0 Å². The predicted octanol–water partition coefficient (Wildman–Crippen LogP) is 4.98. The van der Waals surface area contributed by atoms with Crippen LogP contribution in [0.25, 0.3) is 0 Å². The molecule has 13 aliphatic rings. The highest BCUT2D eigenvalue weighted by molar-refractivity contribution is 5.90. The highest BCUT2D eigenvalue weighted by Crippen LogP contribution is 2.64. The number of Topliss-reactive ketones (excluding diaryl/α,β-unsaturated/α-hetero) is 2. The van der Waals surface area contributed by atoms with E-state index in [0.29, 0.717) is 76.0 Å². The molecule has 0 aromatic heterocycles. The van der Waals surface area contributed by atoms with E-state index in [0.717, 1.165) is 38.5 Å². The topological polar surface area (TPSA) is 132 Å². The quantitative estimate of drug-likeness (QED) is 0.251. The van der Waals surface area contributed by atoms with Crippen LogP contribution in [0.15, 0.2) is 0 Å². The Kier molecular flexibility index (Phi) is 7.17. The number of hydrogen-bond acceptors (Lipinski definition) is 10. The molecular formula is C39H48F2O10. The lowest BCUT2D eigenvalue weighted by molar-refractivity contribution is -0.327. The summed E-state index contributed by atoms with van der Waals surface area (Å²) in [6.45, 7) is 0.250. The van der Waals surface area contributed by atoms with E-state index < -0.39 is 52.7 Å². The molecule has 12 aliphatic carbocycles. The second-order valence-electron chi connectivity index (χ2n) is 18.9. The van der Waals surface area contributed by atoms with Gasteiger partial charge in [0.05, 0.1) is 16.7 Å². The molecule has 13 rings (SSSR count). The van der Waals surface area contributed by atoms with E-state index in [2.05, 4.69) is 0 Å². The normalized spacial score (nSPS) is 51.1. The van der Waals surface area contributed by atoms with Gasteiger partial charge in [-0.15, -0.1) is 0 Å². The van der Waals surface area contributed by atoms with Gasteiger partial charge in [-0.3, -0.25) is 19.2 Å². The van der Waals surface area contributed by atoms with Crippen molar-refractivity contribution in [2.45, 2.75) is 127 Å². The molecule has 11 unspecified atom stereocenters. The molecule has 0 N–H and O–H groups in total. The Morgan fingerprint density at radius 1 is 0.686 bits per heavy atom. The first kappa shape index (κ1) is 33.1. The summed E-state index contributed by atoms with van der Waals surface area (Å²) < 4.78 is 59.6. The molecule has 1 saturated heterocycles. The van der Waals surface area contributed by atoms with Crippen LogP contribution in [0.2, 0.25) is 0 Å². The summed E-state index contributed by atoms with van der Waals surface area (Å²) in [7, 11) is 0. The zero-order chi connectivity index (χ0) is 35.2. The minimum atomic E-state index is -3.64. The van der Waals surface area contributed by atoms with Gasteiger partial charge in [-0.05, 0) is 114 Å². The van der Waals surface area contributed by atoms with Crippen molar-refractivity contribution in [2.24, 2.45) is 70.0 Å². The molecule has 1 spiro atoms. The molecule has 13 fully saturated rings. The Morgan fingerprint density at radius 2 is 1.18 bits per heavy atom. The molecule has 10 nitrogen and oxygen atoms in total. The summed E-state index contributed by atoms with van der Waals surface area (Å²) in [6, 6.07) is 0. The molecular weight excluding hydrogens is 666 g/mol. The molecule has 12 bridgehead atoms. The third kappa shape index (κ3) is 4.92. The number of ether oxygens (including phenoxy) is 5. The SMILES string of the molecule is CC(F)(F)C(=O)OC1C2CC3CC(C2)C2(OC(COC(=O)C45CC6CC(C4)C(=O)C(C6)C5)C(COC(=O)C45CC6CC(C4)C(=O)C(C6)C5)O2)C1C3. The van der Waals surface area contributed by atoms with Gasteiger partial charge in [-0.1, -0.05) is 0 Å². The van der Waals surface area contributed by atoms with Gasteiger partial charge in [-0.25, -0.2) is 4.79 Å². The maximum Gasteiger partial charge on any atom is 0.376 e. The third-order valence-corrected chi connectivity index (χ3v) is 15.7. The Hall–Kier alpha value is -2.47. The molecule has 1 aliphatic heterocycles. The maximum absolute atomic E-state index is 14.1. The van der Waals surface area contributed by atoms with E-state index in [1.54, 1.807) is 0 Å². The van der Waals surface area contributed by atoms with Crippen LogP contribution >= 0.6 is 0 Å². The molecule has 0 amide bonds. The molecule has 12 saturated carbocycles. The number of carbonyl (C=O) groups is 5. The van der Waals surface area contributed by atoms with Gasteiger partial charge in [0, 0.05) is 36.5 Å². The van der Waals surface area contributed by atoms with Gasteiger partial charge in [0.2, 0.25) is 0 Å². The van der Waals surface area contributed by atoms with Crippen molar-refractivity contribution in [2.75, 3.05) is 13.2 Å². The van der Waals surface area contributed by atoms with E-state index >= 15 is 0 Å². The largest absolute Gasteiger partial charge is 0.462 e. The Bertz CT molecular complexity index is 1460. The number of hydrogen-bond donors (Lipinski definition) is 0. The van der Waals surface area contributed by atoms with Gasteiger partial charge in [-0.2, -0.15) is 8.78 Å². The Labute approximate surface area is 295 Å². The highest BCUT2D eigenvalue weighted by Gasteiger charge is 2.69. The Balaban J connectivity index is 0.900. The molecule has 12 heteroatoms. The number of ketones is 2. The van der Waals surface area contributed by atoms with Crippen molar-refractivity contribution < 1.29 is 56.4 Å². The average molecular weight is 715 g/mol. The fourth-order valence-corrected chi connectivity index (χ4v) is 14.1. The van der Waals surface area contributed by atoms with E-state index in [1.807, 2.05) is 0 Å². The second-order valence-corrected chi connectivity index (χ2v) is 18.9. The molecule has 11 atom stereocenters. The number of halogens is 2.